The van der Waals surface area contributed by atoms with Gasteiger partial charge in [0.2, 0.25) is 0 Å². The number of nitrogens with one attached hydrogen (secondary N) is 1. The molecule has 1 fully saturated rings. The molecule has 0 unspecified atom stereocenters. The van der Waals surface area contributed by atoms with Crippen LogP contribution in [-0.4, -0.2) is 47.4 Å². The zero-order chi connectivity index (χ0) is 14.0. The number of hydrogen-bond acceptors (Lipinski definition) is 3. The van der Waals surface area contributed by atoms with Crippen molar-refractivity contribution in [3.05, 3.63) is 21.2 Å². The first-order chi connectivity index (χ1) is 9.08. The van der Waals surface area contributed by atoms with Crippen molar-refractivity contribution in [1.29, 1.82) is 5.26 Å². The quantitative estimate of drug-likeness (QED) is 0.485. The summed E-state index contributed by atoms with van der Waals surface area (Å²) in [5.41, 5.74) is 6.42. The monoisotopic (exact) mass is 322 g/mol. The van der Waals surface area contributed by atoms with E-state index in [0.717, 1.165) is 32.5 Å². The number of piperidine rings is 1. The Morgan fingerprint density at radius 1 is 1.53 bits per heavy atom. The summed E-state index contributed by atoms with van der Waals surface area (Å²) < 4.78 is 0.541. The molecule has 99 valence electrons. The number of amidine groups is 1. The third-order valence-corrected chi connectivity index (χ3v) is 4.80. The van der Waals surface area contributed by atoms with Gasteiger partial charge >= 0.3 is 121 Å². The molecule has 0 aliphatic carbocycles. The fourth-order valence-corrected chi connectivity index (χ4v) is 3.71. The second-order valence-electron chi connectivity index (χ2n) is 4.96. The van der Waals surface area contributed by atoms with E-state index in [1.807, 2.05) is 0 Å². The maximum absolute atomic E-state index is 9.43. The van der Waals surface area contributed by atoms with Gasteiger partial charge in [-0.15, -0.1) is 0 Å². The van der Waals surface area contributed by atoms with Crippen molar-refractivity contribution in [1.82, 2.24) is 0 Å². The van der Waals surface area contributed by atoms with Crippen LogP contribution < -0.4 is 10.6 Å². The van der Waals surface area contributed by atoms with E-state index in [2.05, 4.69) is 39.9 Å². The molecule has 0 aromatic heterocycles. The normalized spacial score (nSPS) is 30.8. The Morgan fingerprint density at radius 3 is 2.63 bits per heavy atom. The Bertz CT molecular complexity index is 540. The number of nitrogens with two attached hydrogens (primary N) is 1. The van der Waals surface area contributed by atoms with E-state index in [1.165, 1.54) is 4.90 Å². The van der Waals surface area contributed by atoms with Gasteiger partial charge in [0, 0.05) is 0 Å². The van der Waals surface area contributed by atoms with Gasteiger partial charge in [-0.25, -0.2) is 0 Å². The van der Waals surface area contributed by atoms with E-state index in [0.29, 0.717) is 15.7 Å². The fourth-order valence-electron chi connectivity index (χ4n) is 3.00. The molecule has 1 spiro atoms. The average molecular weight is 321 g/mol. The van der Waals surface area contributed by atoms with Crippen LogP contribution in [0.2, 0.25) is 0 Å². The van der Waals surface area contributed by atoms with Gasteiger partial charge in [-0.3, -0.25) is 0 Å². The molecule has 2 aliphatic rings. The number of allylic oxidation sites excluding steroid dienone is 1. The van der Waals surface area contributed by atoms with Crippen LogP contribution in [0.3, 0.4) is 0 Å². The summed E-state index contributed by atoms with van der Waals surface area (Å²) in [6.45, 7) is 5.12. The molecule has 0 bridgehead atoms. The molecule has 1 radical (unpaired) electrons. The molecule has 2 heterocycles. The number of quaternary nitrogens is 1. The van der Waals surface area contributed by atoms with Crippen LogP contribution in [0.15, 0.2) is 20.7 Å². The molecule has 0 saturated carbocycles. The van der Waals surface area contributed by atoms with Crippen molar-refractivity contribution >= 4 is 27.7 Å². The Balaban J connectivity index is 2.50. The molecule has 1 saturated heterocycles. The van der Waals surface area contributed by atoms with Crippen LogP contribution in [-0.2, 0) is 0 Å². The number of hydrogen-bond donors (Lipinski definition) is 2. The van der Waals surface area contributed by atoms with E-state index in [-0.39, 0.29) is 5.84 Å². The SMILES string of the molecule is CC[NH+]1CCC2(CC1)C(=C=[N-])C(N)=NC([Se])=C2C#N. The van der Waals surface area contributed by atoms with Crippen LogP contribution in [0.25, 0.3) is 5.41 Å². The zero-order valence-corrected chi connectivity index (χ0v) is 12.6. The number of nitrogens with zero attached hydrogens (tertiary/aromatic N) is 3. The molecule has 3 N–H and O–H groups in total. The molecule has 0 aromatic rings. The third-order valence-electron chi connectivity index (χ3n) is 4.18. The van der Waals surface area contributed by atoms with Crippen molar-refractivity contribution < 1.29 is 4.90 Å². The number of aliphatic imine (C=N–C) groups is 1. The van der Waals surface area contributed by atoms with E-state index in [9.17, 15) is 10.7 Å². The minimum absolute atomic E-state index is 0.259. The number of likely N-dealkylation sites (tertiary alicyclic amines) is 1. The summed E-state index contributed by atoms with van der Waals surface area (Å²) in [5, 5.41) is 18.8. The second kappa shape index (κ2) is 5.32. The molecular formula is C13H16N5Se. The standard InChI is InChI=1S/C13H15N5Se/c1-2-18-5-3-13(4-6-18)9(7-14)11(16)17-12(19)10(13)8-15/h2-6H2,1H3,(H2,16,17)/q-1/p+1. The van der Waals surface area contributed by atoms with Crippen molar-refractivity contribution in [3.8, 4) is 6.07 Å². The molecular weight excluding hydrogens is 305 g/mol. The summed E-state index contributed by atoms with van der Waals surface area (Å²) in [6, 6.07) is 2.24. The topological polar surface area (TPSA) is 88.9 Å². The first-order valence-corrected chi connectivity index (χ1v) is 7.22. The minimum atomic E-state index is -0.519. The molecule has 0 amide bonds. The van der Waals surface area contributed by atoms with Crippen molar-refractivity contribution in [3.63, 3.8) is 0 Å². The summed E-state index contributed by atoms with van der Waals surface area (Å²) in [5.74, 6) is 2.44. The summed E-state index contributed by atoms with van der Waals surface area (Å²) >= 11 is 2.81. The molecule has 2 aliphatic heterocycles. The van der Waals surface area contributed by atoms with E-state index >= 15 is 0 Å². The molecule has 2 rings (SSSR count). The van der Waals surface area contributed by atoms with Gasteiger partial charge in [0.05, 0.1) is 0 Å². The second-order valence-corrected chi connectivity index (χ2v) is 5.77. The predicted molar refractivity (Wildman–Crippen MR) is 74.8 cm³/mol. The first-order valence-electron chi connectivity index (χ1n) is 6.36. The van der Waals surface area contributed by atoms with Crippen molar-refractivity contribution in [2.45, 2.75) is 19.8 Å². The van der Waals surface area contributed by atoms with Gasteiger partial charge in [0.25, 0.3) is 0 Å². The van der Waals surface area contributed by atoms with Gasteiger partial charge < -0.3 is 0 Å². The summed E-state index contributed by atoms with van der Waals surface area (Å²) in [4.78, 5) is 5.61. The Morgan fingerprint density at radius 2 is 2.16 bits per heavy atom. The summed E-state index contributed by atoms with van der Waals surface area (Å²) in [6.07, 6.45) is 1.56. The van der Waals surface area contributed by atoms with Crippen LogP contribution in [0.1, 0.15) is 19.8 Å². The first kappa shape index (κ1) is 14.0. The van der Waals surface area contributed by atoms with E-state index in [1.54, 1.807) is 0 Å². The van der Waals surface area contributed by atoms with Crippen LogP contribution in [0.5, 0.6) is 0 Å². The molecule has 5 nitrogen and oxygen atoms in total. The zero-order valence-electron chi connectivity index (χ0n) is 10.9. The molecule has 6 heteroatoms. The van der Waals surface area contributed by atoms with Crippen LogP contribution in [0.4, 0.5) is 0 Å². The Labute approximate surface area is 121 Å². The third kappa shape index (κ3) is 2.16. The number of nitriles is 1. The molecule has 19 heavy (non-hydrogen) atoms. The summed E-state index contributed by atoms with van der Waals surface area (Å²) in [7, 11) is 0. The predicted octanol–water partition coefficient (Wildman–Crippen LogP) is -0.889. The van der Waals surface area contributed by atoms with Gasteiger partial charge in [-0.2, -0.15) is 0 Å². The Kier molecular flexibility index (Phi) is 3.93. The van der Waals surface area contributed by atoms with Gasteiger partial charge in [0.1, 0.15) is 0 Å². The van der Waals surface area contributed by atoms with Crippen molar-refractivity contribution in [2.24, 2.45) is 16.1 Å². The molecule has 0 aromatic carbocycles. The average Bonchev–Trinajstić information content (AvgIpc) is 2.40. The van der Waals surface area contributed by atoms with Gasteiger partial charge in [-0.05, 0) is 0 Å². The van der Waals surface area contributed by atoms with Gasteiger partial charge in [-0.1, -0.05) is 0 Å². The van der Waals surface area contributed by atoms with E-state index in [4.69, 9.17) is 5.73 Å². The van der Waals surface area contributed by atoms with E-state index < -0.39 is 5.41 Å². The Hall–Kier alpha value is -1.37. The van der Waals surface area contributed by atoms with Crippen LogP contribution >= 0.6 is 0 Å². The fraction of sp³-hybridized carbons (Fsp3) is 0.538. The van der Waals surface area contributed by atoms with Crippen LogP contribution in [0, 0.1) is 16.7 Å². The van der Waals surface area contributed by atoms with Crippen molar-refractivity contribution in [2.75, 3.05) is 19.6 Å². The maximum atomic E-state index is 9.43. The van der Waals surface area contributed by atoms with Gasteiger partial charge in [0.15, 0.2) is 0 Å². The number of rotatable bonds is 1. The molecule has 0 atom stereocenters.